The summed E-state index contributed by atoms with van der Waals surface area (Å²) in [7, 11) is 0. The van der Waals surface area contributed by atoms with Gasteiger partial charge in [-0.1, -0.05) is 88.7 Å². The Morgan fingerprint density at radius 2 is 1.66 bits per heavy atom. The predicted molar refractivity (Wildman–Crippen MR) is 130 cm³/mol. The van der Waals surface area contributed by atoms with Gasteiger partial charge in [-0.05, 0) is 25.5 Å². The van der Waals surface area contributed by atoms with E-state index in [1.54, 1.807) is 11.8 Å². The number of carbonyl (C=O) groups excluding carboxylic acids is 1. The number of hydrogen-bond acceptors (Lipinski definition) is 7. The van der Waals surface area contributed by atoms with Crippen molar-refractivity contribution in [1.82, 2.24) is 0 Å². The number of thioether (sulfide) groups is 2. The summed E-state index contributed by atoms with van der Waals surface area (Å²) in [5, 5.41) is 18.2. The van der Waals surface area contributed by atoms with Gasteiger partial charge < -0.3 is 9.84 Å². The molecule has 0 aliphatic rings. The van der Waals surface area contributed by atoms with Gasteiger partial charge in [0.05, 0.1) is 12.7 Å². The number of aliphatic hydroxyl groups is 1. The van der Waals surface area contributed by atoms with E-state index in [4.69, 9.17) is 22.1 Å². The van der Waals surface area contributed by atoms with Crippen molar-refractivity contribution in [3.8, 4) is 6.07 Å². The van der Waals surface area contributed by atoms with Crippen LogP contribution in [0.3, 0.4) is 0 Å². The largest absolute Gasteiger partial charge is 0.466 e. The molecule has 1 atom stereocenters. The van der Waals surface area contributed by atoms with Crippen LogP contribution in [0, 0.1) is 11.3 Å². The van der Waals surface area contributed by atoms with Gasteiger partial charge >= 0.3 is 5.97 Å². The molecule has 0 heterocycles. The Bertz CT molecular complexity index is 482. The number of thiocarbonyl (C=S) groups is 1. The number of carbonyl (C=O) groups is 1. The lowest BCUT2D eigenvalue weighted by Gasteiger charge is -2.20. The second-order valence-electron chi connectivity index (χ2n) is 7.52. The van der Waals surface area contributed by atoms with Crippen molar-refractivity contribution in [3.63, 3.8) is 0 Å². The highest BCUT2D eigenvalue weighted by atomic mass is 32.2. The first-order chi connectivity index (χ1) is 14.0. The van der Waals surface area contributed by atoms with E-state index in [-0.39, 0.29) is 25.6 Å². The van der Waals surface area contributed by atoms with E-state index in [0.29, 0.717) is 12.8 Å². The fraction of sp³-hybridized carbons (Fsp3) is 0.864. The minimum absolute atomic E-state index is 0.00356. The van der Waals surface area contributed by atoms with Crippen LogP contribution >= 0.6 is 35.7 Å². The monoisotopic (exact) mass is 461 g/mol. The van der Waals surface area contributed by atoms with E-state index in [2.05, 4.69) is 13.0 Å². The van der Waals surface area contributed by atoms with Gasteiger partial charge in [0.1, 0.15) is 8.28 Å². The van der Waals surface area contributed by atoms with E-state index in [0.717, 1.165) is 15.7 Å². The van der Waals surface area contributed by atoms with Gasteiger partial charge in [0, 0.05) is 19.4 Å². The number of rotatable bonds is 18. The van der Waals surface area contributed by atoms with Gasteiger partial charge in [0.25, 0.3) is 0 Å². The van der Waals surface area contributed by atoms with E-state index in [1.807, 2.05) is 6.92 Å². The molecule has 1 N–H and O–H groups in total. The number of hydrogen-bond donors (Lipinski definition) is 1. The number of esters is 1. The molecule has 7 heteroatoms. The smallest absolute Gasteiger partial charge is 0.305 e. The Labute approximate surface area is 191 Å². The Balaban J connectivity index is 3.79. The van der Waals surface area contributed by atoms with Crippen molar-refractivity contribution in [2.75, 3.05) is 19.0 Å². The maximum Gasteiger partial charge on any atom is 0.305 e. The summed E-state index contributed by atoms with van der Waals surface area (Å²) >= 11 is 8.47. The van der Waals surface area contributed by atoms with E-state index < -0.39 is 4.75 Å². The Kier molecular flexibility index (Phi) is 19.5. The summed E-state index contributed by atoms with van der Waals surface area (Å²) in [5.74, 6) is 0.664. The summed E-state index contributed by atoms with van der Waals surface area (Å²) in [6.07, 6.45) is 14.2. The lowest BCUT2D eigenvalue weighted by molar-refractivity contribution is -0.144. The molecule has 0 aromatic carbocycles. The third-order valence-electron chi connectivity index (χ3n) is 4.63. The second-order valence-corrected chi connectivity index (χ2v) is 11.3. The van der Waals surface area contributed by atoms with Crippen LogP contribution in [0.2, 0.25) is 0 Å². The SMILES string of the molecule is CCCCCCCCCCCCSC(=S)SC(C)(C#N)CCC(=O)OCCCO. The topological polar surface area (TPSA) is 70.3 Å². The molecule has 0 fully saturated rings. The standard InChI is InChI=1S/C22H39NO3S3/c1-3-4-5-6-7-8-9-10-11-12-18-28-21(27)29-22(2,19-23)15-14-20(25)26-17-13-16-24/h24H,3-18H2,1-2H3. The summed E-state index contributed by atoms with van der Waals surface area (Å²) in [4.78, 5) is 11.7. The number of nitrogens with zero attached hydrogens (tertiary/aromatic N) is 1. The van der Waals surface area contributed by atoms with Gasteiger partial charge in [-0.3, -0.25) is 4.79 Å². The van der Waals surface area contributed by atoms with Crippen LogP contribution in [0.4, 0.5) is 0 Å². The second kappa shape index (κ2) is 19.7. The zero-order chi connectivity index (χ0) is 21.8. The maximum absolute atomic E-state index is 11.7. The molecule has 0 saturated carbocycles. The van der Waals surface area contributed by atoms with Crippen molar-refractivity contribution in [2.45, 2.75) is 102 Å². The lowest BCUT2D eigenvalue weighted by atomic mass is 10.1. The zero-order valence-corrected chi connectivity index (χ0v) is 20.7. The van der Waals surface area contributed by atoms with Crippen molar-refractivity contribution in [3.05, 3.63) is 0 Å². The summed E-state index contributed by atoms with van der Waals surface area (Å²) in [6, 6.07) is 2.29. The van der Waals surface area contributed by atoms with Gasteiger partial charge in [0.15, 0.2) is 0 Å². The van der Waals surface area contributed by atoms with Gasteiger partial charge in [-0.2, -0.15) is 5.26 Å². The molecule has 168 valence electrons. The zero-order valence-electron chi connectivity index (χ0n) is 18.2. The van der Waals surface area contributed by atoms with Crippen molar-refractivity contribution >= 4 is 45.2 Å². The molecule has 1 unspecified atom stereocenters. The highest BCUT2D eigenvalue weighted by Gasteiger charge is 2.28. The number of aliphatic hydroxyl groups excluding tert-OH is 1. The highest BCUT2D eigenvalue weighted by molar-refractivity contribution is 8.47. The number of ether oxygens (including phenoxy) is 1. The van der Waals surface area contributed by atoms with Gasteiger partial charge in [-0.15, -0.1) is 11.8 Å². The van der Waals surface area contributed by atoms with Crippen molar-refractivity contribution in [2.24, 2.45) is 0 Å². The van der Waals surface area contributed by atoms with Crippen LogP contribution < -0.4 is 0 Å². The Morgan fingerprint density at radius 1 is 1.07 bits per heavy atom. The highest BCUT2D eigenvalue weighted by Crippen LogP contribution is 2.35. The van der Waals surface area contributed by atoms with Crippen LogP contribution in [0.25, 0.3) is 0 Å². The molecule has 0 aliphatic carbocycles. The van der Waals surface area contributed by atoms with Crippen LogP contribution in [0.1, 0.15) is 97.3 Å². The molecule has 0 saturated heterocycles. The van der Waals surface area contributed by atoms with Crippen molar-refractivity contribution < 1.29 is 14.6 Å². The van der Waals surface area contributed by atoms with E-state index >= 15 is 0 Å². The average Bonchev–Trinajstić information content (AvgIpc) is 2.70. The molecular formula is C22H39NO3S3. The number of unbranched alkanes of at least 4 members (excludes halogenated alkanes) is 9. The first-order valence-corrected chi connectivity index (χ1v) is 13.2. The molecule has 0 aromatic heterocycles. The van der Waals surface area contributed by atoms with E-state index in [1.165, 1.54) is 69.5 Å². The van der Waals surface area contributed by atoms with Crippen LogP contribution in [-0.4, -0.2) is 38.3 Å². The molecule has 0 rings (SSSR count). The third kappa shape index (κ3) is 18.2. The normalized spacial score (nSPS) is 12.9. The lowest BCUT2D eigenvalue weighted by Crippen LogP contribution is -2.21. The van der Waals surface area contributed by atoms with Gasteiger partial charge in [-0.25, -0.2) is 0 Å². The molecule has 0 aromatic rings. The van der Waals surface area contributed by atoms with Crippen LogP contribution in [0.5, 0.6) is 0 Å². The Morgan fingerprint density at radius 3 is 2.21 bits per heavy atom. The summed E-state index contributed by atoms with van der Waals surface area (Å²) < 4.78 is 5.08. The molecule has 0 bridgehead atoms. The first-order valence-electron chi connectivity index (χ1n) is 11.0. The molecule has 0 aliphatic heterocycles. The molecule has 0 radical (unpaired) electrons. The molecule has 29 heavy (non-hydrogen) atoms. The van der Waals surface area contributed by atoms with E-state index in [9.17, 15) is 10.1 Å². The van der Waals surface area contributed by atoms with Crippen LogP contribution in [0.15, 0.2) is 0 Å². The van der Waals surface area contributed by atoms with Gasteiger partial charge in [0.2, 0.25) is 0 Å². The third-order valence-corrected chi connectivity index (χ3v) is 7.48. The van der Waals surface area contributed by atoms with Crippen molar-refractivity contribution in [1.29, 1.82) is 5.26 Å². The fourth-order valence-corrected chi connectivity index (χ4v) is 5.72. The quantitative estimate of drug-likeness (QED) is 0.139. The summed E-state index contributed by atoms with van der Waals surface area (Å²) in [5.41, 5.74) is 0. The minimum Gasteiger partial charge on any atom is -0.466 e. The molecule has 4 nitrogen and oxygen atoms in total. The molecule has 0 amide bonds. The number of nitriles is 1. The predicted octanol–water partition coefficient (Wildman–Crippen LogP) is 6.65. The first kappa shape index (κ1) is 28.7. The fourth-order valence-electron chi connectivity index (χ4n) is 2.75. The summed E-state index contributed by atoms with van der Waals surface area (Å²) in [6.45, 7) is 4.30. The minimum atomic E-state index is -0.710. The molecule has 0 spiro atoms. The van der Waals surface area contributed by atoms with Crippen LogP contribution in [-0.2, 0) is 9.53 Å². The molecular weight excluding hydrogens is 422 g/mol. The average molecular weight is 462 g/mol. The Hall–Kier alpha value is -0.290. The maximum atomic E-state index is 11.7.